The molecule has 2 bridgehead atoms. The summed E-state index contributed by atoms with van der Waals surface area (Å²) >= 11 is 2.08. The standard InChI is InChI=1S/C7H14N2S/c8-9-3-6-1-2-7(9)5-10-4-6/h6-7H,1-5,8H2. The molecule has 0 aliphatic carbocycles. The lowest BCUT2D eigenvalue weighted by molar-refractivity contribution is 0.137. The largest absolute Gasteiger partial charge is 0.268 e. The highest BCUT2D eigenvalue weighted by atomic mass is 32.2. The van der Waals surface area contributed by atoms with E-state index < -0.39 is 0 Å². The number of hydrogen-bond donors (Lipinski definition) is 1. The minimum absolute atomic E-state index is 0.684. The van der Waals surface area contributed by atoms with E-state index in [-0.39, 0.29) is 0 Å². The number of thioether (sulfide) groups is 1. The van der Waals surface area contributed by atoms with Crippen LogP contribution in [0.25, 0.3) is 0 Å². The van der Waals surface area contributed by atoms with Crippen molar-refractivity contribution in [3.8, 4) is 0 Å². The van der Waals surface area contributed by atoms with Crippen LogP contribution in [-0.4, -0.2) is 29.1 Å². The van der Waals surface area contributed by atoms with E-state index in [1.807, 2.05) is 5.01 Å². The van der Waals surface area contributed by atoms with Gasteiger partial charge in [0.25, 0.3) is 0 Å². The average Bonchev–Trinajstić information content (AvgIpc) is 2.20. The maximum absolute atomic E-state index is 5.84. The quantitative estimate of drug-likeness (QED) is 0.526. The van der Waals surface area contributed by atoms with E-state index in [1.54, 1.807) is 0 Å². The van der Waals surface area contributed by atoms with E-state index >= 15 is 0 Å². The summed E-state index contributed by atoms with van der Waals surface area (Å²) in [5, 5.41) is 2.05. The Kier molecular flexibility index (Phi) is 1.89. The zero-order valence-corrected chi connectivity index (χ0v) is 6.94. The van der Waals surface area contributed by atoms with E-state index in [1.165, 1.54) is 24.3 Å². The molecule has 2 N–H and O–H groups in total. The third-order valence-corrected chi connectivity index (χ3v) is 3.84. The minimum atomic E-state index is 0.684. The predicted molar refractivity (Wildman–Crippen MR) is 44.7 cm³/mol. The molecule has 0 aromatic carbocycles. The first kappa shape index (κ1) is 6.95. The number of hydrogen-bond acceptors (Lipinski definition) is 3. The Morgan fingerprint density at radius 1 is 1.30 bits per heavy atom. The molecule has 0 spiro atoms. The Bertz CT molecular complexity index is 125. The van der Waals surface area contributed by atoms with Gasteiger partial charge in [0.05, 0.1) is 0 Å². The van der Waals surface area contributed by atoms with Crippen LogP contribution in [0.5, 0.6) is 0 Å². The van der Waals surface area contributed by atoms with Crippen LogP contribution in [0.15, 0.2) is 0 Å². The highest BCUT2D eigenvalue weighted by Gasteiger charge is 2.29. The van der Waals surface area contributed by atoms with Crippen molar-refractivity contribution in [1.82, 2.24) is 5.01 Å². The van der Waals surface area contributed by atoms with Crippen molar-refractivity contribution in [1.29, 1.82) is 0 Å². The van der Waals surface area contributed by atoms with Gasteiger partial charge < -0.3 is 0 Å². The molecule has 2 atom stereocenters. The van der Waals surface area contributed by atoms with Crippen molar-refractivity contribution in [3.63, 3.8) is 0 Å². The number of piperidine rings is 1. The van der Waals surface area contributed by atoms with Crippen molar-refractivity contribution >= 4 is 11.8 Å². The zero-order valence-electron chi connectivity index (χ0n) is 6.12. The second-order valence-electron chi connectivity index (χ2n) is 3.33. The summed E-state index contributed by atoms with van der Waals surface area (Å²) in [4.78, 5) is 0. The summed E-state index contributed by atoms with van der Waals surface area (Å²) in [5.41, 5.74) is 0. The Labute approximate surface area is 66.1 Å². The summed E-state index contributed by atoms with van der Waals surface area (Å²) in [6.45, 7) is 1.14. The number of nitrogens with two attached hydrogens (primary N) is 1. The number of nitrogens with zero attached hydrogens (tertiary/aromatic N) is 1. The molecule has 2 nitrogen and oxygen atoms in total. The SMILES string of the molecule is NN1CC2CCC1CSC2. The Hall–Kier alpha value is 0.270. The Morgan fingerprint density at radius 2 is 2.20 bits per heavy atom. The van der Waals surface area contributed by atoms with E-state index in [4.69, 9.17) is 5.84 Å². The number of rotatable bonds is 0. The number of hydrazine groups is 1. The van der Waals surface area contributed by atoms with Gasteiger partial charge in [-0.3, -0.25) is 5.84 Å². The minimum Gasteiger partial charge on any atom is -0.268 e. The van der Waals surface area contributed by atoms with Crippen LogP contribution >= 0.6 is 11.8 Å². The fourth-order valence-corrected chi connectivity index (χ4v) is 3.19. The molecule has 0 aromatic heterocycles. The molecule has 3 aliphatic rings. The lowest BCUT2D eigenvalue weighted by atomic mass is 9.97. The molecule has 3 heterocycles. The van der Waals surface area contributed by atoms with Gasteiger partial charge in [0, 0.05) is 18.3 Å². The molecule has 3 saturated heterocycles. The maximum atomic E-state index is 5.84. The van der Waals surface area contributed by atoms with Crippen LogP contribution in [0.2, 0.25) is 0 Å². The molecule has 2 unspecified atom stereocenters. The third-order valence-electron chi connectivity index (χ3n) is 2.51. The van der Waals surface area contributed by atoms with Crippen LogP contribution in [0.1, 0.15) is 12.8 Å². The van der Waals surface area contributed by atoms with Gasteiger partial charge in [0.15, 0.2) is 0 Å². The van der Waals surface area contributed by atoms with Crippen molar-refractivity contribution in [2.45, 2.75) is 18.9 Å². The summed E-state index contributed by atoms with van der Waals surface area (Å²) in [7, 11) is 0. The highest BCUT2D eigenvalue weighted by molar-refractivity contribution is 7.99. The highest BCUT2D eigenvalue weighted by Crippen LogP contribution is 2.29. The molecular weight excluding hydrogens is 144 g/mol. The van der Waals surface area contributed by atoms with Crippen molar-refractivity contribution < 1.29 is 0 Å². The molecule has 3 heteroatoms. The van der Waals surface area contributed by atoms with Crippen molar-refractivity contribution in [2.24, 2.45) is 11.8 Å². The van der Waals surface area contributed by atoms with Gasteiger partial charge in [-0.15, -0.1) is 0 Å². The van der Waals surface area contributed by atoms with E-state index in [0.717, 1.165) is 12.5 Å². The van der Waals surface area contributed by atoms with Gasteiger partial charge in [-0.05, 0) is 24.5 Å². The third kappa shape index (κ3) is 1.18. The molecule has 0 aromatic rings. The second-order valence-corrected chi connectivity index (χ2v) is 4.41. The monoisotopic (exact) mass is 158 g/mol. The van der Waals surface area contributed by atoms with Crippen molar-refractivity contribution in [2.75, 3.05) is 18.1 Å². The van der Waals surface area contributed by atoms with Crippen molar-refractivity contribution in [3.05, 3.63) is 0 Å². The van der Waals surface area contributed by atoms with Gasteiger partial charge in [-0.1, -0.05) is 0 Å². The first-order chi connectivity index (χ1) is 4.86. The lowest BCUT2D eigenvalue weighted by Crippen LogP contribution is -2.47. The first-order valence-corrected chi connectivity index (χ1v) is 5.11. The van der Waals surface area contributed by atoms with Crippen LogP contribution in [-0.2, 0) is 0 Å². The van der Waals surface area contributed by atoms with Crippen LogP contribution < -0.4 is 5.84 Å². The molecule has 3 aliphatic heterocycles. The van der Waals surface area contributed by atoms with E-state index in [2.05, 4.69) is 11.8 Å². The van der Waals surface area contributed by atoms with Crippen LogP contribution in [0.3, 0.4) is 0 Å². The molecular formula is C7H14N2S. The topological polar surface area (TPSA) is 29.3 Å². The number of fused-ring (bicyclic) bond motifs is 4. The van der Waals surface area contributed by atoms with Gasteiger partial charge in [-0.25, -0.2) is 5.01 Å². The normalized spacial score (nSPS) is 41.7. The van der Waals surface area contributed by atoms with E-state index in [9.17, 15) is 0 Å². The van der Waals surface area contributed by atoms with Gasteiger partial charge in [0.2, 0.25) is 0 Å². The summed E-state index contributed by atoms with van der Waals surface area (Å²) in [6.07, 6.45) is 2.74. The molecule has 0 radical (unpaired) electrons. The first-order valence-electron chi connectivity index (χ1n) is 3.95. The summed E-state index contributed by atoms with van der Waals surface area (Å²) < 4.78 is 0. The molecule has 0 saturated carbocycles. The molecule has 10 heavy (non-hydrogen) atoms. The van der Waals surface area contributed by atoms with E-state index in [0.29, 0.717) is 6.04 Å². The van der Waals surface area contributed by atoms with Crippen LogP contribution in [0, 0.1) is 5.92 Å². The van der Waals surface area contributed by atoms with Gasteiger partial charge >= 0.3 is 0 Å². The average molecular weight is 158 g/mol. The predicted octanol–water partition coefficient (Wildman–Crippen LogP) is 0.687. The van der Waals surface area contributed by atoms with Gasteiger partial charge in [-0.2, -0.15) is 11.8 Å². The zero-order chi connectivity index (χ0) is 6.97. The summed E-state index contributed by atoms with van der Waals surface area (Å²) in [6, 6.07) is 0.684. The smallest absolute Gasteiger partial charge is 0.0331 e. The molecule has 3 fully saturated rings. The molecule has 0 amide bonds. The molecule has 3 rings (SSSR count). The second kappa shape index (κ2) is 2.72. The fourth-order valence-electron chi connectivity index (χ4n) is 1.82. The Balaban J connectivity index is 2.07. The maximum Gasteiger partial charge on any atom is 0.0331 e. The van der Waals surface area contributed by atoms with Crippen LogP contribution in [0.4, 0.5) is 0 Å². The van der Waals surface area contributed by atoms with Gasteiger partial charge in [0.1, 0.15) is 0 Å². The molecule has 58 valence electrons. The summed E-state index contributed by atoms with van der Waals surface area (Å²) in [5.74, 6) is 9.32. The lowest BCUT2D eigenvalue weighted by Gasteiger charge is -2.32. The Morgan fingerprint density at radius 3 is 3.00 bits per heavy atom. The fraction of sp³-hybridized carbons (Fsp3) is 1.00.